The standard InChI is InChI=1S/C28H42O6/c1-17(16-33-26(32)27(4,5)34-19(3)29)22-11-12-23-21(8-7-13-28(22,23)6)10-9-20-14-24(30)18(2)25(31)15-20/h9-10,17,22-25,30-31H,2,7-8,11-16H2,1,3-6H3/t17-,22-,23+,24-,25-,28-/m1/s1. The van der Waals surface area contributed by atoms with E-state index in [1.165, 1.54) is 12.5 Å². The van der Waals surface area contributed by atoms with Crippen molar-refractivity contribution in [3.05, 3.63) is 35.5 Å². The Labute approximate surface area is 204 Å². The maximum absolute atomic E-state index is 12.5. The van der Waals surface area contributed by atoms with Gasteiger partial charge in [-0.2, -0.15) is 0 Å². The Morgan fingerprint density at radius 3 is 2.47 bits per heavy atom. The lowest BCUT2D eigenvalue weighted by Gasteiger charge is -2.44. The third-order valence-corrected chi connectivity index (χ3v) is 8.39. The summed E-state index contributed by atoms with van der Waals surface area (Å²) in [7, 11) is 0. The number of rotatable bonds is 6. The molecule has 0 heterocycles. The first kappa shape index (κ1) is 26.7. The summed E-state index contributed by atoms with van der Waals surface area (Å²) in [5.74, 6) is 0.135. The molecule has 0 radical (unpaired) electrons. The van der Waals surface area contributed by atoms with Crippen LogP contribution in [-0.4, -0.2) is 46.6 Å². The molecule has 6 heteroatoms. The van der Waals surface area contributed by atoms with Crippen molar-refractivity contribution in [1.82, 2.24) is 0 Å². The van der Waals surface area contributed by atoms with Gasteiger partial charge in [0.25, 0.3) is 0 Å². The van der Waals surface area contributed by atoms with E-state index in [0.29, 0.717) is 36.9 Å². The number of carbonyl (C=O) groups excluding carboxylic acids is 2. The third kappa shape index (κ3) is 5.65. The average molecular weight is 475 g/mol. The summed E-state index contributed by atoms with van der Waals surface area (Å²) < 4.78 is 10.7. The zero-order valence-corrected chi connectivity index (χ0v) is 21.4. The summed E-state index contributed by atoms with van der Waals surface area (Å²) in [5, 5.41) is 20.3. The molecule has 0 saturated heterocycles. The topological polar surface area (TPSA) is 93.1 Å². The van der Waals surface area contributed by atoms with Crippen LogP contribution in [0.3, 0.4) is 0 Å². The number of fused-ring (bicyclic) bond motifs is 1. The lowest BCUT2D eigenvalue weighted by Crippen LogP contribution is -2.41. The highest BCUT2D eigenvalue weighted by Gasteiger charge is 2.51. The molecule has 3 rings (SSSR count). The highest BCUT2D eigenvalue weighted by molar-refractivity contribution is 5.82. The zero-order valence-electron chi connectivity index (χ0n) is 21.4. The molecule has 0 amide bonds. The van der Waals surface area contributed by atoms with Gasteiger partial charge in [0.05, 0.1) is 18.8 Å². The number of allylic oxidation sites excluding steroid dienone is 3. The van der Waals surface area contributed by atoms with Crippen molar-refractivity contribution in [2.75, 3.05) is 6.61 Å². The van der Waals surface area contributed by atoms with Gasteiger partial charge in [0.1, 0.15) is 0 Å². The van der Waals surface area contributed by atoms with E-state index in [1.54, 1.807) is 13.8 Å². The minimum absolute atomic E-state index is 0.152. The number of aliphatic hydroxyl groups excluding tert-OH is 2. The molecule has 2 N–H and O–H groups in total. The first-order valence-electron chi connectivity index (χ1n) is 12.6. The molecule has 0 aromatic heterocycles. The number of hydrogen-bond acceptors (Lipinski definition) is 6. The molecule has 3 fully saturated rings. The van der Waals surface area contributed by atoms with Crippen molar-refractivity contribution in [2.24, 2.45) is 23.2 Å². The van der Waals surface area contributed by atoms with Gasteiger partial charge in [-0.25, -0.2) is 4.79 Å². The minimum atomic E-state index is -1.28. The minimum Gasteiger partial charge on any atom is -0.462 e. The molecule has 3 aliphatic rings. The first-order chi connectivity index (χ1) is 15.8. The second-order valence-corrected chi connectivity index (χ2v) is 11.4. The van der Waals surface area contributed by atoms with Gasteiger partial charge in [0.15, 0.2) is 0 Å². The molecule has 3 saturated carbocycles. The van der Waals surface area contributed by atoms with Crippen LogP contribution in [0.25, 0.3) is 0 Å². The van der Waals surface area contributed by atoms with E-state index in [0.717, 1.165) is 37.7 Å². The highest BCUT2D eigenvalue weighted by atomic mass is 16.6. The van der Waals surface area contributed by atoms with Crippen LogP contribution >= 0.6 is 0 Å². The van der Waals surface area contributed by atoms with E-state index >= 15 is 0 Å². The molecule has 0 aromatic carbocycles. The number of esters is 2. The molecule has 0 aliphatic heterocycles. The van der Waals surface area contributed by atoms with Gasteiger partial charge in [0, 0.05) is 6.92 Å². The van der Waals surface area contributed by atoms with Crippen molar-refractivity contribution in [3.63, 3.8) is 0 Å². The second-order valence-electron chi connectivity index (χ2n) is 11.4. The predicted molar refractivity (Wildman–Crippen MR) is 131 cm³/mol. The van der Waals surface area contributed by atoms with Gasteiger partial charge in [0.2, 0.25) is 5.60 Å². The SMILES string of the molecule is C=C1[C@H](O)CC(=CC=C2CCC[C@]3(C)[C@@H]([C@H](C)COC(=O)C(C)(C)OC(C)=O)CC[C@@H]23)C[C@H]1O. The molecule has 0 spiro atoms. The highest BCUT2D eigenvalue weighted by Crippen LogP contribution is 2.59. The molecule has 0 unspecified atom stereocenters. The van der Waals surface area contributed by atoms with E-state index in [1.807, 2.05) is 0 Å². The quantitative estimate of drug-likeness (QED) is 0.430. The number of hydrogen-bond donors (Lipinski definition) is 2. The van der Waals surface area contributed by atoms with Crippen LogP contribution in [0.1, 0.15) is 79.6 Å². The van der Waals surface area contributed by atoms with Crippen LogP contribution < -0.4 is 0 Å². The van der Waals surface area contributed by atoms with Crippen molar-refractivity contribution in [3.8, 4) is 0 Å². The van der Waals surface area contributed by atoms with Gasteiger partial charge in [-0.05, 0) is 87.5 Å². The number of ether oxygens (including phenoxy) is 2. The molecule has 6 nitrogen and oxygen atoms in total. The lowest BCUT2D eigenvalue weighted by molar-refractivity contribution is -0.178. The average Bonchev–Trinajstić information content (AvgIpc) is 3.10. The van der Waals surface area contributed by atoms with Crippen molar-refractivity contribution in [1.29, 1.82) is 0 Å². The lowest BCUT2D eigenvalue weighted by atomic mass is 9.61. The Morgan fingerprint density at radius 2 is 1.85 bits per heavy atom. The van der Waals surface area contributed by atoms with E-state index in [4.69, 9.17) is 9.47 Å². The zero-order chi connectivity index (χ0) is 25.3. The fourth-order valence-electron chi connectivity index (χ4n) is 6.54. The van der Waals surface area contributed by atoms with Gasteiger partial charge in [-0.15, -0.1) is 0 Å². The van der Waals surface area contributed by atoms with Crippen LogP contribution in [0.2, 0.25) is 0 Å². The summed E-state index contributed by atoms with van der Waals surface area (Å²) in [6, 6.07) is 0. The van der Waals surface area contributed by atoms with Gasteiger partial charge in [-0.1, -0.05) is 43.7 Å². The molecule has 6 atom stereocenters. The maximum atomic E-state index is 12.5. The van der Waals surface area contributed by atoms with Crippen molar-refractivity contribution < 1.29 is 29.3 Å². The van der Waals surface area contributed by atoms with Crippen molar-refractivity contribution >= 4 is 11.9 Å². The Hall–Kier alpha value is -1.92. The van der Waals surface area contributed by atoms with Gasteiger partial charge >= 0.3 is 11.9 Å². The molecule has 0 aromatic rings. The number of aliphatic hydroxyl groups is 2. The third-order valence-electron chi connectivity index (χ3n) is 8.39. The summed E-state index contributed by atoms with van der Waals surface area (Å²) in [4.78, 5) is 23.8. The summed E-state index contributed by atoms with van der Waals surface area (Å²) >= 11 is 0. The van der Waals surface area contributed by atoms with Crippen LogP contribution in [0.5, 0.6) is 0 Å². The van der Waals surface area contributed by atoms with E-state index < -0.39 is 29.7 Å². The molecule has 3 aliphatic carbocycles. The van der Waals surface area contributed by atoms with Crippen LogP contribution in [0, 0.1) is 23.2 Å². The monoisotopic (exact) mass is 474 g/mol. The largest absolute Gasteiger partial charge is 0.462 e. The van der Waals surface area contributed by atoms with E-state index in [2.05, 4.69) is 32.6 Å². The second kappa shape index (κ2) is 10.4. The fraction of sp³-hybridized carbons (Fsp3) is 0.714. The Morgan fingerprint density at radius 1 is 1.21 bits per heavy atom. The van der Waals surface area contributed by atoms with Crippen LogP contribution in [-0.2, 0) is 19.1 Å². The van der Waals surface area contributed by atoms with E-state index in [-0.39, 0.29) is 11.3 Å². The van der Waals surface area contributed by atoms with Crippen LogP contribution in [0.4, 0.5) is 0 Å². The molecule has 190 valence electrons. The fourth-order valence-corrected chi connectivity index (χ4v) is 6.54. The van der Waals surface area contributed by atoms with Gasteiger partial charge < -0.3 is 19.7 Å². The molecular weight excluding hydrogens is 432 g/mol. The van der Waals surface area contributed by atoms with E-state index in [9.17, 15) is 19.8 Å². The maximum Gasteiger partial charge on any atom is 0.350 e. The summed E-state index contributed by atoms with van der Waals surface area (Å²) in [5.41, 5.74) is 1.91. The number of carbonyl (C=O) groups is 2. The Kier molecular flexibility index (Phi) is 8.14. The Balaban J connectivity index is 1.66. The van der Waals surface area contributed by atoms with Gasteiger partial charge in [-0.3, -0.25) is 4.79 Å². The molecule has 34 heavy (non-hydrogen) atoms. The smallest absolute Gasteiger partial charge is 0.350 e. The molecule has 0 bridgehead atoms. The molecular formula is C28H42O6. The van der Waals surface area contributed by atoms with Crippen molar-refractivity contribution in [2.45, 2.75) is 97.4 Å². The first-order valence-corrected chi connectivity index (χ1v) is 12.6. The predicted octanol–water partition coefficient (Wildman–Crippen LogP) is 4.65. The Bertz CT molecular complexity index is 852. The summed E-state index contributed by atoms with van der Waals surface area (Å²) in [6.45, 7) is 13.1. The van der Waals surface area contributed by atoms with Crippen LogP contribution in [0.15, 0.2) is 35.5 Å². The normalized spacial score (nSPS) is 33.9. The summed E-state index contributed by atoms with van der Waals surface area (Å²) in [6.07, 6.45) is 9.66.